The number of hydrogen-bond donors (Lipinski definition) is 1. The number of anilines is 1. The van der Waals surface area contributed by atoms with E-state index in [4.69, 9.17) is 9.47 Å². The van der Waals surface area contributed by atoms with Gasteiger partial charge in [-0.3, -0.25) is 29.4 Å². The van der Waals surface area contributed by atoms with Crippen LogP contribution in [0.1, 0.15) is 11.1 Å². The molecule has 3 amide bonds. The van der Waals surface area contributed by atoms with E-state index in [9.17, 15) is 28.9 Å². The highest BCUT2D eigenvalue weighted by Gasteiger charge is 2.36. The molecule has 0 radical (unpaired) electrons. The number of carbonyl (C=O) groups is 3. The molecule has 3 aromatic carbocycles. The van der Waals surface area contributed by atoms with Crippen molar-refractivity contribution >= 4 is 68.9 Å². The number of carbonyl (C=O) groups excluding carboxylic acids is 3. The van der Waals surface area contributed by atoms with E-state index in [1.807, 2.05) is 0 Å². The van der Waals surface area contributed by atoms with Crippen molar-refractivity contribution in [1.82, 2.24) is 4.90 Å². The van der Waals surface area contributed by atoms with Gasteiger partial charge in [0.15, 0.2) is 11.5 Å². The number of nitrogens with zero attached hydrogens (tertiary/aromatic N) is 2. The molecule has 0 aromatic heterocycles. The molecule has 1 aliphatic heterocycles. The molecule has 0 spiro atoms. The summed E-state index contributed by atoms with van der Waals surface area (Å²) in [6.45, 7) is -0.349. The third-order valence-electron chi connectivity index (χ3n) is 5.38. The number of benzene rings is 3. The number of non-ortho nitro benzene ring substituents is 1. The second-order valence-corrected chi connectivity index (χ2v) is 10.2. The Morgan fingerprint density at radius 2 is 1.85 bits per heavy atom. The van der Waals surface area contributed by atoms with Gasteiger partial charge in [0, 0.05) is 17.8 Å². The van der Waals surface area contributed by atoms with E-state index in [1.54, 1.807) is 24.3 Å². The van der Waals surface area contributed by atoms with Crippen molar-refractivity contribution in [3.8, 4) is 11.5 Å². The maximum absolute atomic E-state index is 13.1. The molecule has 10 nitrogen and oxygen atoms in total. The first kappa shape index (κ1) is 28.0. The summed E-state index contributed by atoms with van der Waals surface area (Å²) in [5, 5.41) is 12.8. The molecule has 1 N–H and O–H groups in total. The highest BCUT2D eigenvalue weighted by atomic mass is 127. The fourth-order valence-corrected chi connectivity index (χ4v) is 5.12. The number of methoxy groups -OCH3 is 1. The van der Waals surface area contributed by atoms with E-state index in [2.05, 4.69) is 27.9 Å². The van der Waals surface area contributed by atoms with Crippen LogP contribution in [0.15, 0.2) is 65.6 Å². The minimum Gasteiger partial charge on any atom is -0.493 e. The van der Waals surface area contributed by atoms with Gasteiger partial charge in [-0.25, -0.2) is 4.39 Å². The zero-order chi connectivity index (χ0) is 28.1. The maximum atomic E-state index is 13.1. The second kappa shape index (κ2) is 12.3. The van der Waals surface area contributed by atoms with Gasteiger partial charge in [-0.1, -0.05) is 0 Å². The van der Waals surface area contributed by atoms with E-state index < -0.39 is 34.3 Å². The monoisotopic (exact) mass is 663 g/mol. The van der Waals surface area contributed by atoms with Crippen molar-refractivity contribution in [3.05, 3.63) is 96.2 Å². The molecule has 1 fully saturated rings. The molecule has 1 saturated heterocycles. The summed E-state index contributed by atoms with van der Waals surface area (Å²) in [5.74, 6) is -0.853. The molecule has 39 heavy (non-hydrogen) atoms. The molecule has 4 rings (SSSR count). The predicted octanol–water partition coefficient (Wildman–Crippen LogP) is 5.60. The predicted molar refractivity (Wildman–Crippen MR) is 151 cm³/mol. The Bertz CT molecular complexity index is 1480. The first-order valence-corrected chi connectivity index (χ1v) is 13.1. The summed E-state index contributed by atoms with van der Waals surface area (Å²) in [6.07, 6.45) is 1.52. The minimum atomic E-state index is -0.619. The summed E-state index contributed by atoms with van der Waals surface area (Å²) < 4.78 is 25.1. The third kappa shape index (κ3) is 6.92. The Hall–Kier alpha value is -3.98. The average molecular weight is 663 g/mol. The number of imide groups is 1. The van der Waals surface area contributed by atoms with E-state index in [0.717, 1.165) is 10.5 Å². The summed E-state index contributed by atoms with van der Waals surface area (Å²) in [4.78, 5) is 49.0. The lowest BCUT2D eigenvalue weighted by Gasteiger charge is -2.14. The lowest BCUT2D eigenvalue weighted by molar-refractivity contribution is -0.384. The molecule has 0 atom stereocenters. The molecule has 0 saturated carbocycles. The van der Waals surface area contributed by atoms with Crippen LogP contribution >= 0.6 is 34.4 Å². The highest BCUT2D eigenvalue weighted by Crippen LogP contribution is 2.37. The quantitative estimate of drug-likeness (QED) is 0.136. The Labute approximate surface area is 239 Å². The molecule has 3 aromatic rings. The normalized spacial score (nSPS) is 14.0. The molecular weight excluding hydrogens is 644 g/mol. The standard InChI is InChI=1S/C26H19FIN3O7S/c1-37-21-11-16(10-20(28)24(21)38-14-15-2-8-19(9-3-15)31(35)36)12-22-25(33)30(26(34)39-22)13-23(32)29-18-6-4-17(27)5-7-18/h2-12H,13-14H2,1H3,(H,29,32)/b22-12-. The van der Waals surface area contributed by atoms with Gasteiger partial charge in [-0.2, -0.15) is 0 Å². The Morgan fingerprint density at radius 3 is 2.49 bits per heavy atom. The van der Waals surface area contributed by atoms with Gasteiger partial charge >= 0.3 is 0 Å². The van der Waals surface area contributed by atoms with Crippen LogP contribution in [0, 0.1) is 19.5 Å². The Morgan fingerprint density at radius 1 is 1.15 bits per heavy atom. The second-order valence-electron chi connectivity index (χ2n) is 8.07. The van der Waals surface area contributed by atoms with E-state index >= 15 is 0 Å². The van der Waals surface area contributed by atoms with Crippen LogP contribution < -0.4 is 14.8 Å². The molecular formula is C26H19FIN3O7S. The number of ether oxygens (including phenoxy) is 2. The molecule has 1 aliphatic rings. The Kier molecular flexibility index (Phi) is 8.81. The lowest BCUT2D eigenvalue weighted by atomic mass is 10.1. The van der Waals surface area contributed by atoms with Gasteiger partial charge in [0.2, 0.25) is 5.91 Å². The van der Waals surface area contributed by atoms with Crippen LogP contribution in [-0.4, -0.2) is 40.5 Å². The highest BCUT2D eigenvalue weighted by molar-refractivity contribution is 14.1. The molecule has 0 aliphatic carbocycles. The SMILES string of the molecule is COc1cc(/C=C2\SC(=O)N(CC(=O)Nc3ccc(F)cc3)C2=O)cc(I)c1OCc1ccc([N+](=O)[O-])cc1. The smallest absolute Gasteiger partial charge is 0.294 e. The number of halogens is 2. The van der Waals surface area contributed by atoms with Gasteiger partial charge in [-0.15, -0.1) is 0 Å². The molecule has 200 valence electrons. The number of nitrogens with one attached hydrogen (secondary N) is 1. The number of thioether (sulfide) groups is 1. The topological polar surface area (TPSA) is 128 Å². The number of nitro groups is 1. The van der Waals surface area contributed by atoms with Crippen LogP contribution in [0.3, 0.4) is 0 Å². The fraction of sp³-hybridized carbons (Fsp3) is 0.115. The van der Waals surface area contributed by atoms with Crippen molar-refractivity contribution in [3.63, 3.8) is 0 Å². The van der Waals surface area contributed by atoms with Gasteiger partial charge in [0.05, 0.1) is 20.5 Å². The summed E-state index contributed by atoms with van der Waals surface area (Å²) in [7, 11) is 1.46. The van der Waals surface area contributed by atoms with Gasteiger partial charge in [-0.05, 0) is 100 Å². The zero-order valence-corrected chi connectivity index (χ0v) is 23.2. The van der Waals surface area contributed by atoms with Crippen molar-refractivity contribution in [1.29, 1.82) is 0 Å². The van der Waals surface area contributed by atoms with Crippen LogP contribution in [0.25, 0.3) is 6.08 Å². The van der Waals surface area contributed by atoms with Crippen molar-refractivity contribution < 1.29 is 33.2 Å². The molecule has 13 heteroatoms. The van der Waals surface area contributed by atoms with E-state index in [-0.39, 0.29) is 17.2 Å². The van der Waals surface area contributed by atoms with E-state index in [1.165, 1.54) is 49.6 Å². The van der Waals surface area contributed by atoms with E-state index in [0.29, 0.717) is 38.1 Å². The van der Waals surface area contributed by atoms with Crippen LogP contribution in [0.2, 0.25) is 0 Å². The van der Waals surface area contributed by atoms with Gasteiger partial charge < -0.3 is 14.8 Å². The van der Waals surface area contributed by atoms with Gasteiger partial charge in [0.1, 0.15) is 19.0 Å². The summed E-state index contributed by atoms with van der Waals surface area (Å²) in [6, 6.07) is 14.5. The van der Waals surface area contributed by atoms with Crippen LogP contribution in [-0.2, 0) is 16.2 Å². The Balaban J connectivity index is 1.45. The van der Waals surface area contributed by atoms with Crippen molar-refractivity contribution in [2.24, 2.45) is 0 Å². The first-order valence-electron chi connectivity index (χ1n) is 11.2. The summed E-state index contributed by atoms with van der Waals surface area (Å²) >= 11 is 2.76. The van der Waals surface area contributed by atoms with Crippen molar-refractivity contribution in [2.45, 2.75) is 6.61 Å². The summed E-state index contributed by atoms with van der Waals surface area (Å²) in [5.41, 5.74) is 1.61. The molecule has 0 bridgehead atoms. The molecule has 1 heterocycles. The van der Waals surface area contributed by atoms with Crippen molar-refractivity contribution in [2.75, 3.05) is 19.0 Å². The fourth-order valence-electron chi connectivity index (χ4n) is 3.50. The number of hydrogen-bond acceptors (Lipinski definition) is 8. The number of amides is 3. The lowest BCUT2D eigenvalue weighted by Crippen LogP contribution is -2.36. The largest absolute Gasteiger partial charge is 0.493 e. The number of rotatable bonds is 9. The zero-order valence-electron chi connectivity index (χ0n) is 20.2. The van der Waals surface area contributed by atoms with Crippen LogP contribution in [0.5, 0.6) is 11.5 Å². The van der Waals surface area contributed by atoms with Crippen LogP contribution in [0.4, 0.5) is 20.6 Å². The third-order valence-corrected chi connectivity index (χ3v) is 7.09. The maximum Gasteiger partial charge on any atom is 0.294 e. The molecule has 0 unspecified atom stereocenters. The minimum absolute atomic E-state index is 0.0202. The number of nitro benzene ring substituents is 1. The van der Waals surface area contributed by atoms with Gasteiger partial charge in [0.25, 0.3) is 16.8 Å². The average Bonchev–Trinajstić information content (AvgIpc) is 3.16. The first-order chi connectivity index (χ1) is 18.6.